The molecule has 2 heterocycles. The number of thiophene rings is 1. The zero-order valence-corrected chi connectivity index (χ0v) is 18.9. The van der Waals surface area contributed by atoms with Crippen LogP contribution in [0.4, 0.5) is 15.9 Å². The Morgan fingerprint density at radius 3 is 2.79 bits per heavy atom. The van der Waals surface area contributed by atoms with Gasteiger partial charge in [-0.1, -0.05) is 0 Å². The molecule has 172 valence electrons. The van der Waals surface area contributed by atoms with Gasteiger partial charge in [0, 0.05) is 12.0 Å². The van der Waals surface area contributed by atoms with Gasteiger partial charge in [0.05, 0.1) is 22.0 Å². The lowest BCUT2D eigenvalue weighted by Crippen LogP contribution is -2.43. The predicted octanol–water partition coefficient (Wildman–Crippen LogP) is 3.81. The van der Waals surface area contributed by atoms with E-state index in [0.717, 1.165) is 32.1 Å². The first-order valence-corrected chi connectivity index (χ1v) is 11.8. The van der Waals surface area contributed by atoms with Crippen LogP contribution in [0.25, 0.3) is 10.2 Å². The molecular weight excluding hydrogens is 445 g/mol. The van der Waals surface area contributed by atoms with E-state index < -0.39 is 11.7 Å². The third-order valence-corrected chi connectivity index (χ3v) is 7.37. The zero-order chi connectivity index (χ0) is 23.1. The van der Waals surface area contributed by atoms with Gasteiger partial charge in [-0.2, -0.15) is 0 Å². The minimum absolute atomic E-state index is 0.0784. The molecule has 2 atom stereocenters. The van der Waals surface area contributed by atoms with Crippen molar-refractivity contribution in [3.05, 3.63) is 40.8 Å². The number of ether oxygens (including phenoxy) is 1. The summed E-state index contributed by atoms with van der Waals surface area (Å²) >= 11 is 1.21. The summed E-state index contributed by atoms with van der Waals surface area (Å²) in [7, 11) is 0. The second-order valence-corrected chi connectivity index (χ2v) is 9.56. The smallest absolute Gasteiger partial charge is 0.259 e. The van der Waals surface area contributed by atoms with Gasteiger partial charge in [0.1, 0.15) is 34.6 Å². The van der Waals surface area contributed by atoms with Gasteiger partial charge >= 0.3 is 0 Å². The number of aryl methyl sites for hydroxylation is 1. The van der Waals surface area contributed by atoms with E-state index in [1.54, 1.807) is 13.0 Å². The van der Waals surface area contributed by atoms with Crippen LogP contribution in [0.2, 0.25) is 0 Å². The molecule has 33 heavy (non-hydrogen) atoms. The highest BCUT2D eigenvalue weighted by atomic mass is 32.1. The lowest BCUT2D eigenvalue weighted by atomic mass is 10.2. The maximum absolute atomic E-state index is 14.1. The molecule has 2 unspecified atom stereocenters. The molecule has 2 aliphatic rings. The second-order valence-electron chi connectivity index (χ2n) is 8.56. The quantitative estimate of drug-likeness (QED) is 0.484. The second kappa shape index (κ2) is 8.58. The number of aromatic nitrogens is 2. The lowest BCUT2D eigenvalue weighted by molar-refractivity contribution is -0.123. The largest absolute Gasteiger partial charge is 0.486 e. The van der Waals surface area contributed by atoms with Gasteiger partial charge in [0.15, 0.2) is 0 Å². The molecule has 4 N–H and O–H groups in total. The molecule has 2 amide bonds. The molecule has 0 spiro atoms. The van der Waals surface area contributed by atoms with E-state index in [2.05, 4.69) is 20.6 Å². The van der Waals surface area contributed by atoms with Crippen LogP contribution < -0.4 is 21.1 Å². The summed E-state index contributed by atoms with van der Waals surface area (Å²) in [6.45, 7) is 1.79. The molecule has 2 saturated carbocycles. The highest BCUT2D eigenvalue weighted by Gasteiger charge is 2.36. The maximum atomic E-state index is 14.1. The molecule has 0 radical (unpaired) electrons. The predicted molar refractivity (Wildman–Crippen MR) is 123 cm³/mol. The lowest BCUT2D eigenvalue weighted by Gasteiger charge is -2.24. The Balaban J connectivity index is 1.42. The molecule has 0 saturated heterocycles. The Morgan fingerprint density at radius 2 is 2.03 bits per heavy atom. The molecule has 1 aromatic carbocycles. The van der Waals surface area contributed by atoms with Crippen LogP contribution in [0.5, 0.6) is 5.75 Å². The number of carbonyl (C=O) groups excluding carboxylic acids is 2. The Labute approximate surface area is 193 Å². The van der Waals surface area contributed by atoms with Crippen molar-refractivity contribution in [3.63, 3.8) is 0 Å². The van der Waals surface area contributed by atoms with Crippen molar-refractivity contribution in [1.29, 1.82) is 0 Å². The number of benzene rings is 1. The monoisotopic (exact) mass is 469 g/mol. The van der Waals surface area contributed by atoms with E-state index in [1.807, 2.05) is 0 Å². The summed E-state index contributed by atoms with van der Waals surface area (Å²) in [5, 5.41) is 7.00. The fraction of sp³-hybridized carbons (Fsp3) is 0.391. The van der Waals surface area contributed by atoms with Crippen molar-refractivity contribution in [3.8, 4) is 5.75 Å². The van der Waals surface area contributed by atoms with Crippen LogP contribution in [0.3, 0.4) is 0 Å². The van der Waals surface area contributed by atoms with Gasteiger partial charge in [0.25, 0.3) is 5.91 Å². The van der Waals surface area contributed by atoms with Crippen LogP contribution in [0, 0.1) is 18.7 Å². The van der Waals surface area contributed by atoms with E-state index >= 15 is 0 Å². The van der Waals surface area contributed by atoms with Crippen LogP contribution in [0.15, 0.2) is 24.5 Å². The van der Waals surface area contributed by atoms with Crippen molar-refractivity contribution >= 4 is 44.9 Å². The van der Waals surface area contributed by atoms with Gasteiger partial charge in [-0.3, -0.25) is 9.59 Å². The van der Waals surface area contributed by atoms with Crippen molar-refractivity contribution < 1.29 is 18.7 Å². The number of anilines is 2. The van der Waals surface area contributed by atoms with Crippen LogP contribution in [0.1, 0.15) is 47.3 Å². The molecule has 2 aliphatic carbocycles. The van der Waals surface area contributed by atoms with Gasteiger partial charge in [-0.15, -0.1) is 11.3 Å². The van der Waals surface area contributed by atoms with Gasteiger partial charge in [-0.05, 0) is 56.7 Å². The Morgan fingerprint density at radius 1 is 1.21 bits per heavy atom. The normalized spacial score (nSPS) is 20.1. The van der Waals surface area contributed by atoms with Gasteiger partial charge in [-0.25, -0.2) is 14.4 Å². The van der Waals surface area contributed by atoms with Crippen LogP contribution in [-0.4, -0.2) is 33.9 Å². The van der Waals surface area contributed by atoms with E-state index in [9.17, 15) is 14.0 Å². The number of carbonyl (C=O) groups is 2. The summed E-state index contributed by atoms with van der Waals surface area (Å²) in [6, 6.07) is 4.15. The van der Waals surface area contributed by atoms with E-state index in [0.29, 0.717) is 37.9 Å². The van der Waals surface area contributed by atoms with Gasteiger partial charge < -0.3 is 21.1 Å². The topological polar surface area (TPSA) is 119 Å². The summed E-state index contributed by atoms with van der Waals surface area (Å²) in [5.74, 6) is 0.0622. The summed E-state index contributed by atoms with van der Waals surface area (Å²) < 4.78 is 20.4. The number of fused-ring (bicyclic) bond motifs is 1. The first-order valence-electron chi connectivity index (χ1n) is 11.0. The molecule has 8 nitrogen and oxygen atoms in total. The third kappa shape index (κ3) is 4.35. The average Bonchev–Trinajstić information content (AvgIpc) is 3.46. The molecule has 0 aliphatic heterocycles. The molecule has 3 aromatic rings. The Bertz CT molecular complexity index is 1240. The first-order chi connectivity index (χ1) is 15.9. The van der Waals surface area contributed by atoms with E-state index in [4.69, 9.17) is 10.5 Å². The number of rotatable bonds is 7. The van der Waals surface area contributed by atoms with E-state index in [-0.39, 0.29) is 24.0 Å². The van der Waals surface area contributed by atoms with Gasteiger partial charge in [0.2, 0.25) is 5.91 Å². The molecule has 2 aromatic heterocycles. The summed E-state index contributed by atoms with van der Waals surface area (Å²) in [5.41, 5.74) is 6.71. The standard InChI is InChI=1S/C23H24FN5O3S/c1-11-18-21(26-10-27-23(18)33-19(11)20(25)30)28-15-8-7-13(24)9-17(15)32-16-4-2-3-14(16)29-22(31)12-5-6-12/h7-10,12,14,16H,2-6H2,1H3,(H2,25,30)(H,29,31)(H,26,27,28). The molecule has 10 heteroatoms. The number of hydrogen-bond acceptors (Lipinski definition) is 7. The van der Waals surface area contributed by atoms with Crippen LogP contribution >= 0.6 is 11.3 Å². The summed E-state index contributed by atoms with van der Waals surface area (Å²) in [6.07, 6.45) is 5.56. The Hall–Kier alpha value is -3.27. The highest BCUT2D eigenvalue weighted by molar-refractivity contribution is 7.20. The minimum Gasteiger partial charge on any atom is -0.486 e. The number of amides is 2. The van der Waals surface area contributed by atoms with E-state index in [1.165, 1.54) is 29.8 Å². The maximum Gasteiger partial charge on any atom is 0.259 e. The molecule has 2 fully saturated rings. The SMILES string of the molecule is Cc1c(C(N)=O)sc2ncnc(Nc3ccc(F)cc3OC3CCCC3NC(=O)C3CC3)c12. The zero-order valence-electron chi connectivity index (χ0n) is 18.1. The minimum atomic E-state index is -0.521. The first kappa shape index (κ1) is 21.6. The molecule has 5 rings (SSSR count). The summed E-state index contributed by atoms with van der Waals surface area (Å²) in [4.78, 5) is 33.7. The van der Waals surface area contributed by atoms with Crippen LogP contribution in [-0.2, 0) is 4.79 Å². The number of nitrogens with one attached hydrogen (secondary N) is 2. The number of hydrogen-bond donors (Lipinski definition) is 3. The number of nitrogens with zero attached hydrogens (tertiary/aromatic N) is 2. The number of nitrogens with two attached hydrogens (primary N) is 1. The van der Waals surface area contributed by atoms with Crippen molar-refractivity contribution in [2.45, 2.75) is 51.2 Å². The number of halogens is 1. The highest BCUT2D eigenvalue weighted by Crippen LogP contribution is 2.37. The van der Waals surface area contributed by atoms with Crippen molar-refractivity contribution in [2.75, 3.05) is 5.32 Å². The number of primary amides is 1. The average molecular weight is 470 g/mol. The fourth-order valence-electron chi connectivity index (χ4n) is 4.27. The molecule has 0 bridgehead atoms. The Kier molecular flexibility index (Phi) is 5.61. The molecular formula is C23H24FN5O3S. The third-order valence-electron chi connectivity index (χ3n) is 6.15. The fourth-order valence-corrected chi connectivity index (χ4v) is 5.27. The van der Waals surface area contributed by atoms with Crippen molar-refractivity contribution in [2.24, 2.45) is 11.7 Å². The van der Waals surface area contributed by atoms with Crippen molar-refractivity contribution in [1.82, 2.24) is 15.3 Å².